The van der Waals surface area contributed by atoms with Gasteiger partial charge in [-0.25, -0.2) is 4.99 Å². The SMILES string of the molecule is CN(C)C(=NCc1ccc(COCc2ccccc2)cc1)N(C)C.I. The fourth-order valence-electron chi connectivity index (χ4n) is 2.45. The monoisotopic (exact) mass is 453 g/mol. The molecule has 0 aliphatic heterocycles. The van der Waals surface area contributed by atoms with E-state index in [1.54, 1.807) is 0 Å². The number of hydrogen-bond acceptors (Lipinski definition) is 2. The summed E-state index contributed by atoms with van der Waals surface area (Å²) in [7, 11) is 8.02. The molecule has 0 saturated heterocycles. The van der Waals surface area contributed by atoms with Crippen LogP contribution in [0.2, 0.25) is 0 Å². The van der Waals surface area contributed by atoms with Crippen LogP contribution in [-0.2, 0) is 24.5 Å². The minimum Gasteiger partial charge on any atom is -0.372 e. The third-order valence-corrected chi connectivity index (χ3v) is 3.61. The number of halogens is 1. The summed E-state index contributed by atoms with van der Waals surface area (Å²) in [5.41, 5.74) is 3.57. The van der Waals surface area contributed by atoms with Crippen LogP contribution >= 0.6 is 24.0 Å². The molecule has 0 saturated carbocycles. The van der Waals surface area contributed by atoms with E-state index in [9.17, 15) is 0 Å². The number of ether oxygens (including phenoxy) is 1. The molecule has 136 valence electrons. The van der Waals surface area contributed by atoms with Crippen LogP contribution in [-0.4, -0.2) is 44.0 Å². The average molecular weight is 453 g/mol. The molecular formula is C20H28IN3O. The summed E-state index contributed by atoms with van der Waals surface area (Å²) in [6.45, 7) is 1.94. The largest absolute Gasteiger partial charge is 0.372 e. The van der Waals surface area contributed by atoms with Gasteiger partial charge in [0.05, 0.1) is 19.8 Å². The maximum Gasteiger partial charge on any atom is 0.195 e. The lowest BCUT2D eigenvalue weighted by atomic mass is 10.1. The Bertz CT molecular complexity index is 630. The molecule has 0 aliphatic rings. The molecule has 0 spiro atoms. The number of rotatable bonds is 6. The lowest BCUT2D eigenvalue weighted by Crippen LogP contribution is -2.35. The van der Waals surface area contributed by atoms with Gasteiger partial charge in [0.25, 0.3) is 0 Å². The number of hydrogen-bond donors (Lipinski definition) is 0. The first-order valence-electron chi connectivity index (χ1n) is 8.15. The summed E-state index contributed by atoms with van der Waals surface area (Å²) in [4.78, 5) is 8.70. The molecule has 5 heteroatoms. The molecule has 0 atom stereocenters. The normalized spacial score (nSPS) is 9.92. The van der Waals surface area contributed by atoms with Gasteiger partial charge in [0.15, 0.2) is 5.96 Å². The van der Waals surface area contributed by atoms with Gasteiger partial charge < -0.3 is 14.5 Å². The Morgan fingerprint density at radius 3 is 1.76 bits per heavy atom. The summed E-state index contributed by atoms with van der Waals surface area (Å²) >= 11 is 0. The summed E-state index contributed by atoms with van der Waals surface area (Å²) in [5, 5.41) is 0. The number of benzene rings is 2. The van der Waals surface area contributed by atoms with E-state index in [1.165, 1.54) is 16.7 Å². The van der Waals surface area contributed by atoms with Gasteiger partial charge in [-0.05, 0) is 16.7 Å². The fourth-order valence-corrected chi connectivity index (χ4v) is 2.45. The van der Waals surface area contributed by atoms with Gasteiger partial charge in [-0.1, -0.05) is 54.6 Å². The highest BCUT2D eigenvalue weighted by Gasteiger charge is 2.03. The van der Waals surface area contributed by atoms with Crippen molar-refractivity contribution < 1.29 is 4.74 Å². The Hall–Kier alpha value is -1.60. The predicted octanol–water partition coefficient (Wildman–Crippen LogP) is 4.00. The zero-order valence-corrected chi connectivity index (χ0v) is 17.8. The maximum absolute atomic E-state index is 5.77. The van der Waals surface area contributed by atoms with Gasteiger partial charge in [0.2, 0.25) is 0 Å². The maximum atomic E-state index is 5.77. The lowest BCUT2D eigenvalue weighted by Gasteiger charge is -2.22. The Morgan fingerprint density at radius 2 is 1.24 bits per heavy atom. The van der Waals surface area contributed by atoms with Gasteiger partial charge in [-0.2, -0.15) is 0 Å². The van der Waals surface area contributed by atoms with E-state index < -0.39 is 0 Å². The molecule has 4 nitrogen and oxygen atoms in total. The van der Waals surface area contributed by atoms with Gasteiger partial charge in [-0.15, -0.1) is 24.0 Å². The van der Waals surface area contributed by atoms with Gasteiger partial charge in [0.1, 0.15) is 0 Å². The molecule has 0 aliphatic carbocycles. The first-order chi connectivity index (χ1) is 11.6. The zero-order chi connectivity index (χ0) is 17.4. The zero-order valence-electron chi connectivity index (χ0n) is 15.5. The minimum absolute atomic E-state index is 0. The minimum atomic E-state index is 0. The van der Waals surface area contributed by atoms with Gasteiger partial charge >= 0.3 is 0 Å². The molecule has 2 aromatic carbocycles. The number of guanidine groups is 1. The van der Waals surface area contributed by atoms with Crippen molar-refractivity contribution in [3.05, 3.63) is 71.3 Å². The van der Waals surface area contributed by atoms with Crippen molar-refractivity contribution in [2.24, 2.45) is 4.99 Å². The molecule has 0 bridgehead atoms. The molecule has 0 fully saturated rings. The highest BCUT2D eigenvalue weighted by atomic mass is 127. The van der Waals surface area contributed by atoms with E-state index in [4.69, 9.17) is 4.74 Å². The van der Waals surface area contributed by atoms with E-state index in [0.717, 1.165) is 5.96 Å². The standard InChI is InChI=1S/C20H27N3O.HI/c1-22(2)20(23(3)4)21-14-17-10-12-19(13-11-17)16-24-15-18-8-6-5-7-9-18;/h5-13H,14-16H2,1-4H3;1H. The third kappa shape index (κ3) is 7.44. The van der Waals surface area contributed by atoms with Crippen molar-refractivity contribution in [3.63, 3.8) is 0 Å². The molecule has 0 aromatic heterocycles. The number of aliphatic imine (C=N–C) groups is 1. The van der Waals surface area contributed by atoms with Crippen molar-refractivity contribution >= 4 is 29.9 Å². The first-order valence-corrected chi connectivity index (χ1v) is 8.15. The highest BCUT2D eigenvalue weighted by Crippen LogP contribution is 2.09. The lowest BCUT2D eigenvalue weighted by molar-refractivity contribution is 0.107. The van der Waals surface area contributed by atoms with Crippen LogP contribution in [0.5, 0.6) is 0 Å². The van der Waals surface area contributed by atoms with Crippen molar-refractivity contribution in [2.45, 2.75) is 19.8 Å². The summed E-state index contributed by atoms with van der Waals surface area (Å²) in [6.07, 6.45) is 0. The molecule has 0 N–H and O–H groups in total. The van der Waals surface area contributed by atoms with Crippen LogP contribution in [0.25, 0.3) is 0 Å². The fraction of sp³-hybridized carbons (Fsp3) is 0.350. The van der Waals surface area contributed by atoms with Crippen LogP contribution in [0, 0.1) is 0 Å². The topological polar surface area (TPSA) is 28.1 Å². The molecule has 25 heavy (non-hydrogen) atoms. The van der Waals surface area contributed by atoms with E-state index in [0.29, 0.717) is 19.8 Å². The van der Waals surface area contributed by atoms with Crippen molar-refractivity contribution in [2.75, 3.05) is 28.2 Å². The Kier molecular flexibility index (Phi) is 9.52. The van der Waals surface area contributed by atoms with Crippen molar-refractivity contribution in [1.29, 1.82) is 0 Å². The Labute approximate surface area is 168 Å². The smallest absolute Gasteiger partial charge is 0.195 e. The summed E-state index contributed by atoms with van der Waals surface area (Å²) in [5.74, 6) is 0.963. The van der Waals surface area contributed by atoms with E-state index in [-0.39, 0.29) is 24.0 Å². The summed E-state index contributed by atoms with van der Waals surface area (Å²) in [6, 6.07) is 18.7. The Morgan fingerprint density at radius 1 is 0.760 bits per heavy atom. The third-order valence-electron chi connectivity index (χ3n) is 3.61. The quantitative estimate of drug-likeness (QED) is 0.376. The molecule has 2 rings (SSSR count). The second kappa shape index (κ2) is 11.1. The molecule has 0 amide bonds. The van der Waals surface area contributed by atoms with E-state index in [2.05, 4.69) is 41.4 Å². The molecule has 0 unspecified atom stereocenters. The van der Waals surface area contributed by atoms with Crippen LogP contribution in [0.15, 0.2) is 59.6 Å². The van der Waals surface area contributed by atoms with Crippen molar-refractivity contribution in [3.8, 4) is 0 Å². The van der Waals surface area contributed by atoms with Crippen molar-refractivity contribution in [1.82, 2.24) is 9.80 Å². The van der Waals surface area contributed by atoms with Gasteiger partial charge in [0, 0.05) is 28.2 Å². The number of nitrogens with zero attached hydrogens (tertiary/aromatic N) is 3. The van der Waals surface area contributed by atoms with Crippen LogP contribution in [0.3, 0.4) is 0 Å². The molecule has 0 heterocycles. The summed E-state index contributed by atoms with van der Waals surface area (Å²) < 4.78 is 5.77. The van der Waals surface area contributed by atoms with Crippen LogP contribution in [0.1, 0.15) is 16.7 Å². The van der Waals surface area contributed by atoms with E-state index >= 15 is 0 Å². The van der Waals surface area contributed by atoms with Crippen LogP contribution < -0.4 is 0 Å². The molecule has 0 radical (unpaired) electrons. The van der Waals surface area contributed by atoms with Crippen LogP contribution in [0.4, 0.5) is 0 Å². The molecule has 2 aromatic rings. The Balaban J connectivity index is 0.00000312. The average Bonchev–Trinajstić information content (AvgIpc) is 2.57. The predicted molar refractivity (Wildman–Crippen MR) is 115 cm³/mol. The second-order valence-corrected chi connectivity index (χ2v) is 6.20. The highest BCUT2D eigenvalue weighted by molar-refractivity contribution is 14.0. The van der Waals surface area contributed by atoms with E-state index in [1.807, 2.05) is 56.2 Å². The van der Waals surface area contributed by atoms with Gasteiger partial charge in [-0.3, -0.25) is 0 Å². The first kappa shape index (κ1) is 21.4. The second-order valence-electron chi connectivity index (χ2n) is 6.20. The molecular weight excluding hydrogens is 425 g/mol.